The summed E-state index contributed by atoms with van der Waals surface area (Å²) in [4.78, 5) is 23.0. The van der Waals surface area contributed by atoms with E-state index >= 15 is 0 Å². The molecule has 0 aliphatic carbocycles. The van der Waals surface area contributed by atoms with Gasteiger partial charge in [-0.15, -0.1) is 0 Å². The normalized spacial score (nSPS) is 10.9. The third kappa shape index (κ3) is 6.96. The Morgan fingerprint density at radius 2 is 1.79 bits per heavy atom. The van der Waals surface area contributed by atoms with E-state index in [2.05, 4.69) is 21.2 Å². The number of carbonyl (C=O) groups is 2. The van der Waals surface area contributed by atoms with E-state index < -0.39 is 0 Å². The van der Waals surface area contributed by atoms with Gasteiger partial charge in [0, 0.05) is 10.2 Å². The molecule has 1 N–H and O–H groups in total. The smallest absolute Gasteiger partial charge is 0.306 e. The predicted molar refractivity (Wildman–Crippen MR) is 77.8 cm³/mol. The van der Waals surface area contributed by atoms with E-state index in [0.29, 0.717) is 12.1 Å². The van der Waals surface area contributed by atoms with Gasteiger partial charge in [-0.05, 0) is 29.7 Å². The molecule has 5 heteroatoms. The van der Waals surface area contributed by atoms with Crippen LogP contribution in [0.15, 0.2) is 28.7 Å². The van der Waals surface area contributed by atoms with Gasteiger partial charge in [-0.3, -0.25) is 9.59 Å². The molecular weight excluding hydrogens is 310 g/mol. The van der Waals surface area contributed by atoms with Crippen molar-refractivity contribution in [3.8, 4) is 0 Å². The van der Waals surface area contributed by atoms with Gasteiger partial charge in [-0.2, -0.15) is 0 Å². The Bertz CT molecular complexity index is 449. The summed E-state index contributed by atoms with van der Waals surface area (Å²) in [5.41, 5.74) is 0.527. The van der Waals surface area contributed by atoms with Crippen LogP contribution >= 0.6 is 15.9 Å². The maximum atomic E-state index is 11.6. The Kier molecular flexibility index (Phi) is 5.54. The van der Waals surface area contributed by atoms with Crippen LogP contribution in [0.25, 0.3) is 0 Å². The summed E-state index contributed by atoms with van der Waals surface area (Å²) in [6, 6.07) is 7.17. The van der Waals surface area contributed by atoms with Gasteiger partial charge in [0.25, 0.3) is 5.91 Å². The van der Waals surface area contributed by atoms with Gasteiger partial charge in [-0.1, -0.05) is 36.7 Å². The average Bonchev–Trinajstić information content (AvgIpc) is 2.27. The molecule has 0 saturated heterocycles. The van der Waals surface area contributed by atoms with Crippen molar-refractivity contribution in [1.29, 1.82) is 0 Å². The minimum atomic E-state index is -0.363. The molecule has 0 heterocycles. The highest BCUT2D eigenvalue weighted by atomic mass is 79.9. The van der Waals surface area contributed by atoms with E-state index in [1.807, 2.05) is 32.9 Å². The second kappa shape index (κ2) is 6.70. The maximum Gasteiger partial charge on any atom is 0.306 e. The summed E-state index contributed by atoms with van der Waals surface area (Å²) in [5.74, 6) is -0.706. The Hall–Kier alpha value is -1.36. The molecule has 0 atom stereocenters. The van der Waals surface area contributed by atoms with Crippen molar-refractivity contribution in [3.63, 3.8) is 0 Å². The van der Waals surface area contributed by atoms with E-state index in [0.717, 1.165) is 4.47 Å². The zero-order valence-corrected chi connectivity index (χ0v) is 12.9. The summed E-state index contributed by atoms with van der Waals surface area (Å²) in [6.45, 7) is 5.56. The van der Waals surface area contributed by atoms with E-state index in [1.54, 1.807) is 12.1 Å². The van der Waals surface area contributed by atoms with Gasteiger partial charge in [0.1, 0.15) is 0 Å². The third-order valence-electron chi connectivity index (χ3n) is 2.17. The number of amides is 1. The SMILES string of the molecule is CC(C)(C)CC(=O)OCC(=O)Nc1ccc(Br)cc1. The van der Waals surface area contributed by atoms with Crippen molar-refractivity contribution >= 4 is 33.5 Å². The van der Waals surface area contributed by atoms with Crippen LogP contribution in [0.5, 0.6) is 0 Å². The lowest BCUT2D eigenvalue weighted by Gasteiger charge is -2.16. The van der Waals surface area contributed by atoms with Crippen molar-refractivity contribution in [2.45, 2.75) is 27.2 Å². The van der Waals surface area contributed by atoms with E-state index in [-0.39, 0.29) is 23.9 Å². The zero-order valence-electron chi connectivity index (χ0n) is 11.3. The van der Waals surface area contributed by atoms with Crippen LogP contribution in [-0.2, 0) is 14.3 Å². The topological polar surface area (TPSA) is 55.4 Å². The Morgan fingerprint density at radius 3 is 2.32 bits per heavy atom. The van der Waals surface area contributed by atoms with Gasteiger partial charge < -0.3 is 10.1 Å². The van der Waals surface area contributed by atoms with Crippen LogP contribution in [0.4, 0.5) is 5.69 Å². The molecule has 1 aromatic carbocycles. The summed E-state index contributed by atoms with van der Waals surface area (Å²) >= 11 is 3.31. The lowest BCUT2D eigenvalue weighted by Crippen LogP contribution is -2.23. The lowest BCUT2D eigenvalue weighted by atomic mass is 9.93. The molecular formula is C14H18BrNO3. The monoisotopic (exact) mass is 327 g/mol. The van der Waals surface area contributed by atoms with Crippen LogP contribution in [0, 0.1) is 5.41 Å². The van der Waals surface area contributed by atoms with Crippen molar-refractivity contribution in [3.05, 3.63) is 28.7 Å². The average molecular weight is 328 g/mol. The van der Waals surface area contributed by atoms with E-state index in [1.165, 1.54) is 0 Å². The van der Waals surface area contributed by atoms with Crippen LogP contribution in [0.2, 0.25) is 0 Å². The van der Waals surface area contributed by atoms with Gasteiger partial charge >= 0.3 is 5.97 Å². The number of benzene rings is 1. The first-order valence-corrected chi connectivity index (χ1v) is 6.77. The van der Waals surface area contributed by atoms with E-state index in [9.17, 15) is 9.59 Å². The van der Waals surface area contributed by atoms with Gasteiger partial charge in [0.2, 0.25) is 0 Å². The predicted octanol–water partition coefficient (Wildman–Crippen LogP) is 3.37. The number of esters is 1. The van der Waals surface area contributed by atoms with Gasteiger partial charge in [0.05, 0.1) is 6.42 Å². The summed E-state index contributed by atoms with van der Waals surface area (Å²) < 4.78 is 5.85. The molecule has 104 valence electrons. The molecule has 4 nitrogen and oxygen atoms in total. The lowest BCUT2D eigenvalue weighted by molar-refractivity contribution is -0.149. The fourth-order valence-electron chi connectivity index (χ4n) is 1.36. The number of rotatable bonds is 4. The molecule has 0 aromatic heterocycles. The molecule has 19 heavy (non-hydrogen) atoms. The number of ether oxygens (including phenoxy) is 1. The molecule has 0 saturated carbocycles. The minimum absolute atomic E-state index is 0.140. The minimum Gasteiger partial charge on any atom is -0.456 e. The molecule has 1 aromatic rings. The first kappa shape index (κ1) is 15.7. The molecule has 0 fully saturated rings. The number of halogens is 1. The Balaban J connectivity index is 2.36. The first-order valence-electron chi connectivity index (χ1n) is 5.97. The molecule has 1 rings (SSSR count). The van der Waals surface area contributed by atoms with Crippen LogP contribution in [0.1, 0.15) is 27.2 Å². The standard InChI is InChI=1S/C14H18BrNO3/c1-14(2,3)8-13(18)19-9-12(17)16-11-6-4-10(15)5-7-11/h4-7H,8-9H2,1-3H3,(H,16,17). The zero-order chi connectivity index (χ0) is 14.5. The fourth-order valence-corrected chi connectivity index (χ4v) is 1.62. The highest BCUT2D eigenvalue weighted by Crippen LogP contribution is 2.19. The Labute approximate surface area is 121 Å². The van der Waals surface area contributed by atoms with Gasteiger partial charge in [-0.25, -0.2) is 0 Å². The Morgan fingerprint density at radius 1 is 1.21 bits per heavy atom. The fraction of sp³-hybridized carbons (Fsp3) is 0.429. The quantitative estimate of drug-likeness (QED) is 0.862. The first-order chi connectivity index (χ1) is 8.76. The molecule has 0 bridgehead atoms. The third-order valence-corrected chi connectivity index (χ3v) is 2.70. The highest BCUT2D eigenvalue weighted by molar-refractivity contribution is 9.10. The number of hydrogen-bond acceptors (Lipinski definition) is 3. The highest BCUT2D eigenvalue weighted by Gasteiger charge is 2.17. The summed E-state index contributed by atoms with van der Waals surface area (Å²) in [5, 5.41) is 2.65. The number of nitrogens with one attached hydrogen (secondary N) is 1. The maximum absolute atomic E-state index is 11.6. The molecule has 0 spiro atoms. The van der Waals surface area contributed by atoms with Crippen molar-refractivity contribution in [2.75, 3.05) is 11.9 Å². The summed E-state index contributed by atoms with van der Waals surface area (Å²) in [6.07, 6.45) is 0.290. The molecule has 0 radical (unpaired) electrons. The summed E-state index contributed by atoms with van der Waals surface area (Å²) in [7, 11) is 0. The van der Waals surface area contributed by atoms with E-state index in [4.69, 9.17) is 4.74 Å². The molecule has 0 aliphatic heterocycles. The second-order valence-electron chi connectivity index (χ2n) is 5.45. The molecule has 1 amide bonds. The molecule has 0 aliphatic rings. The second-order valence-corrected chi connectivity index (χ2v) is 6.37. The van der Waals surface area contributed by atoms with Crippen LogP contribution in [-0.4, -0.2) is 18.5 Å². The van der Waals surface area contributed by atoms with Crippen molar-refractivity contribution in [2.24, 2.45) is 5.41 Å². The molecule has 0 unspecified atom stereocenters. The number of hydrogen-bond donors (Lipinski definition) is 1. The number of anilines is 1. The van der Waals surface area contributed by atoms with Crippen LogP contribution < -0.4 is 5.32 Å². The van der Waals surface area contributed by atoms with Crippen LogP contribution in [0.3, 0.4) is 0 Å². The van der Waals surface area contributed by atoms with Crippen molar-refractivity contribution < 1.29 is 14.3 Å². The number of carbonyl (C=O) groups excluding carboxylic acids is 2. The van der Waals surface area contributed by atoms with Gasteiger partial charge in [0.15, 0.2) is 6.61 Å². The largest absolute Gasteiger partial charge is 0.456 e. The van der Waals surface area contributed by atoms with Crippen molar-refractivity contribution in [1.82, 2.24) is 0 Å².